The first kappa shape index (κ1) is 21.4. The fraction of sp³-hybridized carbons (Fsp3) is 0.107. The third kappa shape index (κ3) is 4.26. The highest BCUT2D eigenvalue weighted by Crippen LogP contribution is 2.39. The number of hydrogen-bond donors (Lipinski definition) is 1. The number of carbonyl (C=O) groups is 2. The van der Waals surface area contributed by atoms with Crippen molar-refractivity contribution in [3.05, 3.63) is 125 Å². The van der Waals surface area contributed by atoms with Gasteiger partial charge in [-0.2, -0.15) is 0 Å². The minimum atomic E-state index is -0.617. The highest BCUT2D eigenvalue weighted by Gasteiger charge is 2.29. The van der Waals surface area contributed by atoms with Crippen LogP contribution in [0, 0.1) is 0 Å². The van der Waals surface area contributed by atoms with Gasteiger partial charge >= 0.3 is 0 Å². The van der Waals surface area contributed by atoms with E-state index in [1.807, 2.05) is 54.6 Å². The molecule has 6 heteroatoms. The predicted octanol–water partition coefficient (Wildman–Crippen LogP) is 5.06. The Labute approximate surface area is 197 Å². The summed E-state index contributed by atoms with van der Waals surface area (Å²) in [6.07, 6.45) is 2.63. The zero-order valence-electron chi connectivity index (χ0n) is 18.3. The van der Waals surface area contributed by atoms with E-state index in [2.05, 4.69) is 4.98 Å². The number of ketones is 1. The third-order valence-corrected chi connectivity index (χ3v) is 5.84. The second kappa shape index (κ2) is 9.19. The van der Waals surface area contributed by atoms with E-state index in [4.69, 9.17) is 15.2 Å². The van der Waals surface area contributed by atoms with Gasteiger partial charge in [0.05, 0.1) is 12.0 Å². The van der Waals surface area contributed by atoms with Gasteiger partial charge in [-0.05, 0) is 41.5 Å². The molecule has 0 saturated carbocycles. The average Bonchev–Trinajstić information content (AvgIpc) is 2.88. The summed E-state index contributed by atoms with van der Waals surface area (Å²) in [4.78, 5) is 29.0. The molecule has 5 rings (SSSR count). The Morgan fingerprint density at radius 2 is 1.71 bits per heavy atom. The quantitative estimate of drug-likeness (QED) is 0.444. The van der Waals surface area contributed by atoms with Crippen molar-refractivity contribution in [1.29, 1.82) is 0 Å². The molecule has 1 aromatic heterocycles. The summed E-state index contributed by atoms with van der Waals surface area (Å²) in [5.41, 5.74) is 8.92. The Hall–Kier alpha value is -4.45. The zero-order valence-corrected chi connectivity index (χ0v) is 18.3. The second-order valence-corrected chi connectivity index (χ2v) is 8.03. The summed E-state index contributed by atoms with van der Waals surface area (Å²) >= 11 is 0. The Morgan fingerprint density at radius 3 is 2.47 bits per heavy atom. The lowest BCUT2D eigenvalue weighted by atomic mass is 9.95. The Morgan fingerprint density at radius 1 is 0.971 bits per heavy atom. The number of pyridine rings is 1. The topological polar surface area (TPSA) is 91.5 Å². The molecule has 0 aliphatic carbocycles. The number of fused-ring (bicyclic) bond motifs is 1. The maximum absolute atomic E-state index is 12.8. The van der Waals surface area contributed by atoms with Crippen LogP contribution in [0.5, 0.6) is 11.5 Å². The molecule has 0 saturated heterocycles. The second-order valence-electron chi connectivity index (χ2n) is 8.03. The number of hydrogen-bond acceptors (Lipinski definition) is 5. The van der Waals surface area contributed by atoms with E-state index in [0.29, 0.717) is 28.2 Å². The lowest BCUT2D eigenvalue weighted by Gasteiger charge is -2.27. The standard InChI is InChI=1S/C28H22N2O4/c29-28(32)22-9-5-4-8-21(22)27(19-12-14-30-15-13-19)33-20-10-11-23-24(31)17-25(34-26(23)16-20)18-6-2-1-3-7-18/h1-16,25,27H,17H2,(H2,29,32)/t25-,27-/m1/s1. The van der Waals surface area contributed by atoms with Gasteiger partial charge in [0.2, 0.25) is 5.91 Å². The van der Waals surface area contributed by atoms with E-state index < -0.39 is 12.0 Å². The summed E-state index contributed by atoms with van der Waals surface area (Å²) in [5.74, 6) is 0.454. The van der Waals surface area contributed by atoms with Crippen LogP contribution in [-0.2, 0) is 0 Å². The van der Waals surface area contributed by atoms with Crippen LogP contribution < -0.4 is 15.2 Å². The van der Waals surface area contributed by atoms with Crippen molar-refractivity contribution >= 4 is 11.7 Å². The van der Waals surface area contributed by atoms with E-state index in [1.165, 1.54) is 0 Å². The van der Waals surface area contributed by atoms with E-state index in [0.717, 1.165) is 11.1 Å². The van der Waals surface area contributed by atoms with Gasteiger partial charge < -0.3 is 15.2 Å². The lowest BCUT2D eigenvalue weighted by molar-refractivity contribution is 0.0848. The molecule has 34 heavy (non-hydrogen) atoms. The maximum atomic E-state index is 12.8. The molecule has 168 valence electrons. The number of nitrogens with zero attached hydrogens (tertiary/aromatic N) is 1. The van der Waals surface area contributed by atoms with Gasteiger partial charge in [-0.3, -0.25) is 14.6 Å². The fourth-order valence-corrected chi connectivity index (χ4v) is 4.17. The molecule has 1 aliphatic rings. The number of ether oxygens (including phenoxy) is 2. The normalized spacial score (nSPS) is 15.6. The van der Waals surface area contributed by atoms with Gasteiger partial charge in [0.15, 0.2) is 5.78 Å². The average molecular weight is 450 g/mol. The number of rotatable bonds is 6. The fourth-order valence-electron chi connectivity index (χ4n) is 4.17. The van der Waals surface area contributed by atoms with Gasteiger partial charge in [-0.15, -0.1) is 0 Å². The van der Waals surface area contributed by atoms with Crippen LogP contribution in [0.1, 0.15) is 56.0 Å². The van der Waals surface area contributed by atoms with Crippen molar-refractivity contribution < 1.29 is 19.1 Å². The highest BCUT2D eigenvalue weighted by molar-refractivity contribution is 6.00. The maximum Gasteiger partial charge on any atom is 0.249 e. The molecular formula is C28H22N2O4. The molecule has 0 spiro atoms. The first-order valence-corrected chi connectivity index (χ1v) is 10.9. The molecule has 4 aromatic rings. The minimum Gasteiger partial charge on any atom is -0.484 e. The van der Waals surface area contributed by atoms with Gasteiger partial charge in [0.25, 0.3) is 0 Å². The number of benzene rings is 3. The largest absolute Gasteiger partial charge is 0.484 e. The molecule has 0 fully saturated rings. The first-order valence-electron chi connectivity index (χ1n) is 10.9. The van der Waals surface area contributed by atoms with Crippen LogP contribution in [0.15, 0.2) is 97.3 Å². The molecule has 0 unspecified atom stereocenters. The summed E-state index contributed by atoms with van der Waals surface area (Å²) in [6, 6.07) is 25.6. The molecule has 2 heterocycles. The summed E-state index contributed by atoms with van der Waals surface area (Å²) in [6.45, 7) is 0. The molecular weight excluding hydrogens is 428 g/mol. The molecule has 0 bridgehead atoms. The minimum absolute atomic E-state index is 0.0198. The van der Waals surface area contributed by atoms with E-state index in [9.17, 15) is 9.59 Å². The number of carbonyl (C=O) groups excluding carboxylic acids is 2. The Balaban J connectivity index is 1.51. The van der Waals surface area contributed by atoms with Crippen molar-refractivity contribution in [2.75, 3.05) is 0 Å². The number of aromatic nitrogens is 1. The molecule has 1 amide bonds. The van der Waals surface area contributed by atoms with Crippen LogP contribution in [0.25, 0.3) is 0 Å². The predicted molar refractivity (Wildman–Crippen MR) is 127 cm³/mol. The summed E-state index contributed by atoms with van der Waals surface area (Å²) in [5, 5.41) is 0. The Kier molecular flexibility index (Phi) is 5.79. The van der Waals surface area contributed by atoms with Crippen LogP contribution in [-0.4, -0.2) is 16.7 Å². The van der Waals surface area contributed by atoms with Gasteiger partial charge in [-0.25, -0.2) is 0 Å². The van der Waals surface area contributed by atoms with Gasteiger partial charge in [0.1, 0.15) is 23.7 Å². The van der Waals surface area contributed by atoms with Crippen molar-refractivity contribution in [3.8, 4) is 11.5 Å². The van der Waals surface area contributed by atoms with E-state index >= 15 is 0 Å². The number of Topliss-reactive ketones (excluding diaryl/α,β-unsaturated/α-hetero) is 1. The molecule has 2 atom stereocenters. The number of amides is 1. The zero-order chi connectivity index (χ0) is 23.5. The van der Waals surface area contributed by atoms with E-state index in [-0.39, 0.29) is 18.3 Å². The van der Waals surface area contributed by atoms with Crippen molar-refractivity contribution in [2.24, 2.45) is 5.73 Å². The van der Waals surface area contributed by atoms with Gasteiger partial charge in [-0.1, -0.05) is 48.5 Å². The SMILES string of the molecule is NC(=O)c1ccccc1[C@H](Oc1ccc2c(c1)O[C@@H](c1ccccc1)CC2=O)c1ccncc1. The monoisotopic (exact) mass is 450 g/mol. The van der Waals surface area contributed by atoms with E-state index in [1.54, 1.807) is 42.7 Å². The molecule has 3 aromatic carbocycles. The van der Waals surface area contributed by atoms with Crippen LogP contribution in [0.4, 0.5) is 0 Å². The summed E-state index contributed by atoms with van der Waals surface area (Å²) in [7, 11) is 0. The van der Waals surface area contributed by atoms with Crippen LogP contribution in [0.2, 0.25) is 0 Å². The smallest absolute Gasteiger partial charge is 0.249 e. The van der Waals surface area contributed by atoms with Crippen molar-refractivity contribution in [1.82, 2.24) is 4.98 Å². The summed E-state index contributed by atoms with van der Waals surface area (Å²) < 4.78 is 12.6. The molecule has 2 N–H and O–H groups in total. The number of primary amides is 1. The lowest BCUT2D eigenvalue weighted by Crippen LogP contribution is -2.21. The third-order valence-electron chi connectivity index (χ3n) is 5.84. The van der Waals surface area contributed by atoms with Crippen LogP contribution in [0.3, 0.4) is 0 Å². The first-order chi connectivity index (χ1) is 16.6. The highest BCUT2D eigenvalue weighted by atomic mass is 16.5. The number of nitrogens with two attached hydrogens (primary N) is 1. The molecule has 6 nitrogen and oxygen atoms in total. The molecule has 1 aliphatic heterocycles. The van der Waals surface area contributed by atoms with Crippen molar-refractivity contribution in [2.45, 2.75) is 18.6 Å². The molecule has 0 radical (unpaired) electrons. The van der Waals surface area contributed by atoms with Gasteiger partial charge in [0, 0.05) is 29.6 Å². The van der Waals surface area contributed by atoms with Crippen molar-refractivity contribution in [3.63, 3.8) is 0 Å². The Bertz CT molecular complexity index is 1340. The van der Waals surface area contributed by atoms with Crippen LogP contribution >= 0.6 is 0 Å².